The summed E-state index contributed by atoms with van der Waals surface area (Å²) in [6, 6.07) is 5.95. The average Bonchev–Trinajstić information content (AvgIpc) is 2.52. The third-order valence-electron chi connectivity index (χ3n) is 4.15. The smallest absolute Gasteiger partial charge is 0.352 e. The quantitative estimate of drug-likeness (QED) is 0.677. The van der Waals surface area contributed by atoms with Crippen molar-refractivity contribution >= 4 is 11.6 Å². The lowest BCUT2D eigenvalue weighted by Gasteiger charge is -2.29. The Hall–Kier alpha value is -2.12. The fraction of sp³-hybridized carbons (Fsp3) is 0.533. The number of carbonyl (C=O) groups excluding carboxylic acids is 1. The van der Waals surface area contributed by atoms with Crippen LogP contribution in [0.5, 0.6) is 0 Å². The van der Waals surface area contributed by atoms with Gasteiger partial charge in [0.05, 0.1) is 10.8 Å². The molecule has 2 unspecified atom stereocenters. The molecule has 126 valence electrons. The van der Waals surface area contributed by atoms with Crippen LogP contribution < -0.4 is 5.32 Å². The molecule has 1 N–H and O–H groups in total. The molecule has 8 heteroatoms. The predicted molar refractivity (Wildman–Crippen MR) is 76.4 cm³/mol. The number of rotatable bonds is 4. The van der Waals surface area contributed by atoms with Crippen LogP contribution in [0.4, 0.5) is 18.9 Å². The van der Waals surface area contributed by atoms with Gasteiger partial charge < -0.3 is 5.32 Å². The van der Waals surface area contributed by atoms with Crippen LogP contribution in [0.25, 0.3) is 0 Å². The number of halogens is 3. The first-order valence-corrected chi connectivity index (χ1v) is 7.35. The van der Waals surface area contributed by atoms with E-state index in [1.807, 2.05) is 0 Å². The molecule has 0 bridgehead atoms. The summed E-state index contributed by atoms with van der Waals surface area (Å²) in [6.45, 7) is -0.0663. The number of para-hydroxylation sites is 1. The van der Waals surface area contributed by atoms with Crippen molar-refractivity contribution in [1.29, 1.82) is 0 Å². The number of carbonyl (C=O) groups is 1. The molecule has 0 aromatic heterocycles. The number of nitro benzene ring substituents is 1. The maximum absolute atomic E-state index is 12.8. The Kier molecular flexibility index (Phi) is 5.23. The number of nitrogens with one attached hydrogen (secondary N) is 1. The first kappa shape index (κ1) is 17.2. The minimum Gasteiger partial charge on any atom is -0.352 e. The third kappa shape index (κ3) is 4.43. The molecule has 2 atom stereocenters. The van der Waals surface area contributed by atoms with Gasteiger partial charge in [-0.2, -0.15) is 13.2 Å². The number of nitrogens with zero attached hydrogens (tertiary/aromatic N) is 1. The molecule has 23 heavy (non-hydrogen) atoms. The van der Waals surface area contributed by atoms with Gasteiger partial charge in [-0.3, -0.25) is 14.9 Å². The van der Waals surface area contributed by atoms with Gasteiger partial charge in [-0.05, 0) is 19.3 Å². The van der Waals surface area contributed by atoms with E-state index in [0.717, 1.165) is 0 Å². The number of benzene rings is 1. The summed E-state index contributed by atoms with van der Waals surface area (Å²) in [5, 5.41) is 13.4. The van der Waals surface area contributed by atoms with Gasteiger partial charge in [0, 0.05) is 24.1 Å². The second-order valence-corrected chi connectivity index (χ2v) is 5.71. The van der Waals surface area contributed by atoms with E-state index in [0.29, 0.717) is 18.4 Å². The first-order valence-electron chi connectivity index (χ1n) is 7.35. The summed E-state index contributed by atoms with van der Waals surface area (Å²) in [7, 11) is 0. The summed E-state index contributed by atoms with van der Waals surface area (Å²) in [5.41, 5.74) is 0.207. The van der Waals surface area contributed by atoms with Crippen LogP contribution in [0.2, 0.25) is 0 Å². The maximum atomic E-state index is 12.8. The molecule has 0 heterocycles. The van der Waals surface area contributed by atoms with Gasteiger partial charge in [-0.25, -0.2) is 0 Å². The summed E-state index contributed by atoms with van der Waals surface area (Å²) < 4.78 is 38.3. The molecule has 0 radical (unpaired) electrons. The summed E-state index contributed by atoms with van der Waals surface area (Å²) >= 11 is 0. The van der Waals surface area contributed by atoms with E-state index in [1.54, 1.807) is 6.07 Å². The van der Waals surface area contributed by atoms with Crippen molar-refractivity contribution in [2.75, 3.05) is 0 Å². The lowest BCUT2D eigenvalue weighted by molar-refractivity contribution is -0.385. The number of amides is 1. The van der Waals surface area contributed by atoms with E-state index in [1.165, 1.54) is 18.2 Å². The molecule has 5 nitrogen and oxygen atoms in total. The third-order valence-corrected chi connectivity index (χ3v) is 4.15. The van der Waals surface area contributed by atoms with Gasteiger partial charge in [0.1, 0.15) is 0 Å². The highest BCUT2D eigenvalue weighted by atomic mass is 19.4. The van der Waals surface area contributed by atoms with Crippen molar-refractivity contribution in [2.24, 2.45) is 11.8 Å². The highest BCUT2D eigenvalue weighted by Gasteiger charge is 2.43. The molecule has 1 aromatic rings. The van der Waals surface area contributed by atoms with E-state index in [9.17, 15) is 28.1 Å². The Balaban J connectivity index is 1.96. The Morgan fingerprint density at radius 1 is 1.30 bits per heavy atom. The van der Waals surface area contributed by atoms with Crippen LogP contribution in [0.15, 0.2) is 24.3 Å². The van der Waals surface area contributed by atoms with Crippen LogP contribution >= 0.6 is 0 Å². The largest absolute Gasteiger partial charge is 0.391 e. The SMILES string of the molecule is O=C(NCc1ccccc1[N+](=O)[O-])C1CCCC(C(F)(F)F)C1. The monoisotopic (exact) mass is 330 g/mol. The van der Waals surface area contributed by atoms with Crippen LogP contribution in [-0.2, 0) is 11.3 Å². The van der Waals surface area contributed by atoms with Crippen molar-refractivity contribution in [3.8, 4) is 0 Å². The van der Waals surface area contributed by atoms with Crippen molar-refractivity contribution < 1.29 is 22.9 Å². The standard InChI is InChI=1S/C15H17F3N2O3/c16-15(17,18)12-6-3-5-10(8-12)14(21)19-9-11-4-1-2-7-13(11)20(22)23/h1-2,4,7,10,12H,3,5-6,8-9H2,(H,19,21). The van der Waals surface area contributed by atoms with Crippen molar-refractivity contribution in [2.45, 2.75) is 38.4 Å². The Morgan fingerprint density at radius 3 is 2.65 bits per heavy atom. The molecule has 1 amide bonds. The fourth-order valence-electron chi connectivity index (χ4n) is 2.89. The van der Waals surface area contributed by atoms with Gasteiger partial charge >= 0.3 is 6.18 Å². The molecule has 0 aliphatic heterocycles. The van der Waals surface area contributed by atoms with Gasteiger partial charge in [0.25, 0.3) is 5.69 Å². The molecular weight excluding hydrogens is 313 g/mol. The van der Waals surface area contributed by atoms with Crippen molar-refractivity contribution in [3.63, 3.8) is 0 Å². The zero-order valence-corrected chi connectivity index (χ0v) is 12.3. The lowest BCUT2D eigenvalue weighted by Crippen LogP contribution is -2.37. The molecule has 2 rings (SSSR count). The normalized spacial score (nSPS) is 21.7. The zero-order chi connectivity index (χ0) is 17.0. The summed E-state index contributed by atoms with van der Waals surface area (Å²) in [4.78, 5) is 22.4. The Morgan fingerprint density at radius 2 is 2.00 bits per heavy atom. The van der Waals surface area contributed by atoms with Crippen molar-refractivity contribution in [1.82, 2.24) is 5.32 Å². The van der Waals surface area contributed by atoms with Gasteiger partial charge in [-0.1, -0.05) is 24.6 Å². The van der Waals surface area contributed by atoms with Crippen molar-refractivity contribution in [3.05, 3.63) is 39.9 Å². The van der Waals surface area contributed by atoms with Gasteiger partial charge in [-0.15, -0.1) is 0 Å². The highest BCUT2D eigenvalue weighted by molar-refractivity contribution is 5.78. The number of hydrogen-bond acceptors (Lipinski definition) is 3. The molecular formula is C15H17F3N2O3. The van der Waals surface area contributed by atoms with Crippen LogP contribution in [0, 0.1) is 22.0 Å². The highest BCUT2D eigenvalue weighted by Crippen LogP contribution is 2.39. The Labute approximate surface area is 131 Å². The minimum absolute atomic E-state index is 0.0530. The number of alkyl halides is 3. The molecule has 1 aliphatic rings. The van der Waals surface area contributed by atoms with Crippen LogP contribution in [-0.4, -0.2) is 17.0 Å². The lowest BCUT2D eigenvalue weighted by atomic mass is 9.80. The van der Waals surface area contributed by atoms with Gasteiger partial charge in [0.15, 0.2) is 0 Å². The van der Waals surface area contributed by atoms with Gasteiger partial charge in [0.2, 0.25) is 5.91 Å². The second kappa shape index (κ2) is 6.97. The van der Waals surface area contributed by atoms with E-state index in [4.69, 9.17) is 0 Å². The predicted octanol–water partition coefficient (Wildman–Crippen LogP) is 3.58. The Bertz CT molecular complexity index is 590. The first-order chi connectivity index (χ1) is 10.8. The summed E-state index contributed by atoms with van der Waals surface area (Å²) in [6.07, 6.45) is -3.68. The van der Waals surface area contributed by atoms with E-state index < -0.39 is 28.8 Å². The van der Waals surface area contributed by atoms with Crippen LogP contribution in [0.1, 0.15) is 31.2 Å². The molecule has 1 aromatic carbocycles. The van der Waals surface area contributed by atoms with E-state index in [2.05, 4.69) is 5.32 Å². The maximum Gasteiger partial charge on any atom is 0.391 e. The van der Waals surface area contributed by atoms with E-state index in [-0.39, 0.29) is 25.1 Å². The number of nitro groups is 1. The number of hydrogen-bond donors (Lipinski definition) is 1. The topological polar surface area (TPSA) is 72.2 Å². The molecule has 1 fully saturated rings. The second-order valence-electron chi connectivity index (χ2n) is 5.71. The van der Waals surface area contributed by atoms with Crippen LogP contribution in [0.3, 0.4) is 0 Å². The molecule has 0 spiro atoms. The molecule has 0 saturated heterocycles. The zero-order valence-electron chi connectivity index (χ0n) is 12.3. The summed E-state index contributed by atoms with van der Waals surface area (Å²) in [5.74, 6) is -2.62. The van der Waals surface area contributed by atoms with E-state index >= 15 is 0 Å². The minimum atomic E-state index is -4.28. The average molecular weight is 330 g/mol. The fourth-order valence-corrected chi connectivity index (χ4v) is 2.89. The molecule has 1 aliphatic carbocycles. The molecule has 1 saturated carbocycles.